The van der Waals surface area contributed by atoms with Gasteiger partial charge in [0.25, 0.3) is 0 Å². The van der Waals surface area contributed by atoms with Crippen molar-refractivity contribution >= 4 is 5.97 Å². The topological polar surface area (TPSA) is 52.6 Å². The maximum atomic E-state index is 10.6. The fourth-order valence-corrected chi connectivity index (χ4v) is 2.43. The lowest BCUT2D eigenvalue weighted by Gasteiger charge is -2.36. The Bertz CT molecular complexity index is 292. The molecule has 0 amide bonds. The fraction of sp³-hybridized carbons (Fsp3) is 0.769. The number of aliphatic carboxylic acids is 1. The molecule has 0 bridgehead atoms. The number of nitrogens with one attached hydrogen (secondary N) is 1. The van der Waals surface area contributed by atoms with Gasteiger partial charge in [-0.1, -0.05) is 18.9 Å². The third-order valence-corrected chi connectivity index (χ3v) is 3.83. The van der Waals surface area contributed by atoms with Gasteiger partial charge in [0, 0.05) is 24.2 Å². The van der Waals surface area contributed by atoms with Crippen LogP contribution >= 0.6 is 0 Å². The molecule has 4 nitrogen and oxygen atoms in total. The van der Waals surface area contributed by atoms with Crippen LogP contribution in [0.4, 0.5) is 0 Å². The van der Waals surface area contributed by atoms with Crippen LogP contribution in [-0.4, -0.2) is 48.7 Å². The van der Waals surface area contributed by atoms with Gasteiger partial charge in [-0.25, -0.2) is 4.79 Å². The molecule has 0 saturated heterocycles. The van der Waals surface area contributed by atoms with Gasteiger partial charge in [0.1, 0.15) is 0 Å². The van der Waals surface area contributed by atoms with E-state index in [0.717, 1.165) is 6.54 Å². The second-order valence-electron chi connectivity index (χ2n) is 5.15. The second kappa shape index (κ2) is 6.17. The highest BCUT2D eigenvalue weighted by atomic mass is 16.4. The lowest BCUT2D eigenvalue weighted by molar-refractivity contribution is -0.132. The molecule has 1 fully saturated rings. The summed E-state index contributed by atoms with van der Waals surface area (Å²) in [6, 6.07) is 0. The second-order valence-corrected chi connectivity index (χ2v) is 5.15. The average molecular weight is 240 g/mol. The van der Waals surface area contributed by atoms with Crippen molar-refractivity contribution in [1.82, 2.24) is 10.2 Å². The van der Waals surface area contributed by atoms with E-state index < -0.39 is 5.97 Å². The number of rotatable bonds is 6. The first-order valence-electron chi connectivity index (χ1n) is 6.26. The Hall–Kier alpha value is -0.870. The van der Waals surface area contributed by atoms with E-state index in [0.29, 0.717) is 12.1 Å². The molecule has 4 heteroatoms. The summed E-state index contributed by atoms with van der Waals surface area (Å²) in [6.07, 6.45) is 6.79. The maximum Gasteiger partial charge on any atom is 0.330 e. The number of likely N-dealkylation sites (N-methyl/N-ethyl adjacent to an activating group) is 1. The van der Waals surface area contributed by atoms with Crippen molar-refractivity contribution in [2.45, 2.75) is 38.1 Å². The molecule has 0 aromatic rings. The quantitative estimate of drug-likeness (QED) is 0.545. The number of hydrogen-bond acceptors (Lipinski definition) is 3. The summed E-state index contributed by atoms with van der Waals surface area (Å²) in [5.74, 6) is -0.838. The highest BCUT2D eigenvalue weighted by Gasteiger charge is 2.35. The summed E-state index contributed by atoms with van der Waals surface area (Å²) in [5, 5.41) is 12.1. The van der Waals surface area contributed by atoms with Crippen LogP contribution in [0.5, 0.6) is 0 Å². The zero-order valence-electron chi connectivity index (χ0n) is 11.1. The number of carboxylic acids is 1. The van der Waals surface area contributed by atoms with E-state index in [-0.39, 0.29) is 5.54 Å². The average Bonchev–Trinajstić information content (AvgIpc) is 2.73. The zero-order chi connectivity index (χ0) is 12.9. The molecule has 2 N–H and O–H groups in total. The van der Waals surface area contributed by atoms with Crippen LogP contribution in [0.15, 0.2) is 11.6 Å². The van der Waals surface area contributed by atoms with Gasteiger partial charge in [0.2, 0.25) is 0 Å². The van der Waals surface area contributed by atoms with Crippen LogP contribution in [-0.2, 0) is 4.79 Å². The summed E-state index contributed by atoms with van der Waals surface area (Å²) < 4.78 is 0. The minimum atomic E-state index is -0.838. The highest BCUT2D eigenvalue weighted by molar-refractivity contribution is 5.85. The predicted molar refractivity (Wildman–Crippen MR) is 69.1 cm³/mol. The molecule has 0 spiro atoms. The van der Waals surface area contributed by atoms with Gasteiger partial charge in [-0.3, -0.25) is 0 Å². The summed E-state index contributed by atoms with van der Waals surface area (Å²) in [6.45, 7) is 3.19. The Balaban J connectivity index is 2.39. The largest absolute Gasteiger partial charge is 0.478 e. The van der Waals surface area contributed by atoms with Gasteiger partial charge < -0.3 is 15.3 Å². The van der Waals surface area contributed by atoms with Crippen molar-refractivity contribution in [1.29, 1.82) is 0 Å². The van der Waals surface area contributed by atoms with Crippen LogP contribution in [0.3, 0.4) is 0 Å². The molecular weight excluding hydrogens is 216 g/mol. The standard InChI is InChI=1S/C13H24N2O2/c1-11(12(16)17)6-9-14-10-13(15(2)3)7-4-5-8-13/h6,14H,4-5,7-10H2,1-3H3,(H,16,17)/b11-6-. The van der Waals surface area contributed by atoms with Crippen LogP contribution < -0.4 is 5.32 Å². The van der Waals surface area contributed by atoms with E-state index in [9.17, 15) is 4.79 Å². The van der Waals surface area contributed by atoms with Gasteiger partial charge >= 0.3 is 5.97 Å². The molecule has 17 heavy (non-hydrogen) atoms. The van der Waals surface area contributed by atoms with Crippen molar-refractivity contribution < 1.29 is 9.90 Å². The van der Waals surface area contributed by atoms with Crippen molar-refractivity contribution in [3.8, 4) is 0 Å². The molecule has 0 aliphatic heterocycles. The lowest BCUT2D eigenvalue weighted by Crippen LogP contribution is -2.49. The predicted octanol–water partition coefficient (Wildman–Crippen LogP) is 1.48. The van der Waals surface area contributed by atoms with E-state index in [1.807, 2.05) is 0 Å². The Kier molecular flexibility index (Phi) is 5.15. The van der Waals surface area contributed by atoms with Crippen molar-refractivity contribution in [3.05, 3.63) is 11.6 Å². The van der Waals surface area contributed by atoms with E-state index in [1.165, 1.54) is 25.7 Å². The van der Waals surface area contributed by atoms with Gasteiger partial charge in [-0.2, -0.15) is 0 Å². The first-order chi connectivity index (χ1) is 7.98. The third kappa shape index (κ3) is 3.82. The van der Waals surface area contributed by atoms with Crippen LogP contribution in [0.25, 0.3) is 0 Å². The molecule has 98 valence electrons. The van der Waals surface area contributed by atoms with Gasteiger partial charge in [0.15, 0.2) is 0 Å². The summed E-state index contributed by atoms with van der Waals surface area (Å²) in [7, 11) is 4.26. The Morgan fingerprint density at radius 3 is 2.47 bits per heavy atom. The van der Waals surface area contributed by atoms with Crippen molar-refractivity contribution in [2.24, 2.45) is 0 Å². The molecule has 0 aromatic heterocycles. The number of carbonyl (C=O) groups is 1. The van der Waals surface area contributed by atoms with E-state index in [1.54, 1.807) is 13.0 Å². The lowest BCUT2D eigenvalue weighted by atomic mass is 9.96. The number of nitrogens with zero attached hydrogens (tertiary/aromatic N) is 1. The number of carboxylic acid groups (broad SMARTS) is 1. The Morgan fingerprint density at radius 1 is 1.41 bits per heavy atom. The molecule has 0 unspecified atom stereocenters. The smallest absolute Gasteiger partial charge is 0.330 e. The van der Waals surface area contributed by atoms with Crippen LogP contribution in [0.2, 0.25) is 0 Å². The summed E-state index contributed by atoms with van der Waals surface area (Å²) in [5.41, 5.74) is 0.674. The molecule has 0 aromatic carbocycles. The van der Waals surface area contributed by atoms with E-state index in [4.69, 9.17) is 5.11 Å². The highest BCUT2D eigenvalue weighted by Crippen LogP contribution is 2.32. The molecular formula is C13H24N2O2. The molecule has 1 aliphatic carbocycles. The zero-order valence-corrected chi connectivity index (χ0v) is 11.1. The fourth-order valence-electron chi connectivity index (χ4n) is 2.43. The van der Waals surface area contributed by atoms with Crippen LogP contribution in [0, 0.1) is 0 Å². The molecule has 1 aliphatic rings. The number of hydrogen-bond donors (Lipinski definition) is 2. The van der Waals surface area contributed by atoms with E-state index >= 15 is 0 Å². The first-order valence-corrected chi connectivity index (χ1v) is 6.26. The normalized spacial score (nSPS) is 19.9. The Morgan fingerprint density at radius 2 is 2.00 bits per heavy atom. The molecule has 0 atom stereocenters. The summed E-state index contributed by atoms with van der Waals surface area (Å²) >= 11 is 0. The Labute approximate surface area is 104 Å². The van der Waals surface area contributed by atoms with Crippen LogP contribution in [0.1, 0.15) is 32.6 Å². The molecule has 0 radical (unpaired) electrons. The first kappa shape index (κ1) is 14.2. The SMILES string of the molecule is C/C(=C/CNCC1(N(C)C)CCCC1)C(=O)O. The van der Waals surface area contributed by atoms with Gasteiger partial charge in [-0.05, 0) is 33.9 Å². The van der Waals surface area contributed by atoms with Gasteiger partial charge in [-0.15, -0.1) is 0 Å². The third-order valence-electron chi connectivity index (χ3n) is 3.83. The van der Waals surface area contributed by atoms with E-state index in [2.05, 4.69) is 24.3 Å². The maximum absolute atomic E-state index is 10.6. The van der Waals surface area contributed by atoms with Crippen molar-refractivity contribution in [3.63, 3.8) is 0 Å². The molecule has 0 heterocycles. The minimum absolute atomic E-state index is 0.269. The van der Waals surface area contributed by atoms with Crippen molar-refractivity contribution in [2.75, 3.05) is 27.2 Å². The van der Waals surface area contributed by atoms with Gasteiger partial charge in [0.05, 0.1) is 0 Å². The monoisotopic (exact) mass is 240 g/mol. The molecule has 1 rings (SSSR count). The molecule has 1 saturated carbocycles. The minimum Gasteiger partial charge on any atom is -0.478 e. The summed E-state index contributed by atoms with van der Waals surface area (Å²) in [4.78, 5) is 12.9.